The van der Waals surface area contributed by atoms with Crippen LogP contribution in [0.4, 0.5) is 5.69 Å². The Hall–Kier alpha value is -3.15. The highest BCUT2D eigenvalue weighted by atomic mass is 35.5. The normalized spacial score (nSPS) is 16.5. The van der Waals surface area contributed by atoms with Gasteiger partial charge in [0.15, 0.2) is 0 Å². The number of likely N-dealkylation sites (tertiary alicyclic amines) is 1. The summed E-state index contributed by atoms with van der Waals surface area (Å²) in [5.41, 5.74) is 5.45. The van der Waals surface area contributed by atoms with E-state index in [2.05, 4.69) is 64.2 Å². The zero-order valence-corrected chi connectivity index (χ0v) is 20.8. The number of halogens is 1. The molecule has 0 bridgehead atoms. The lowest BCUT2D eigenvalue weighted by molar-refractivity contribution is -0.121. The van der Waals surface area contributed by atoms with E-state index in [1.54, 1.807) is 0 Å². The summed E-state index contributed by atoms with van der Waals surface area (Å²) in [7, 11) is 0. The molecule has 0 unspecified atom stereocenters. The van der Waals surface area contributed by atoms with Crippen molar-refractivity contribution in [3.63, 3.8) is 0 Å². The molecule has 6 heteroatoms. The maximum absolute atomic E-state index is 13.0. The van der Waals surface area contributed by atoms with Gasteiger partial charge in [-0.2, -0.15) is 0 Å². The van der Waals surface area contributed by atoms with Gasteiger partial charge in [-0.25, -0.2) is 4.98 Å². The molecule has 0 saturated carbocycles. The van der Waals surface area contributed by atoms with Gasteiger partial charge < -0.3 is 9.88 Å². The van der Waals surface area contributed by atoms with Gasteiger partial charge in [-0.15, -0.1) is 0 Å². The molecule has 0 aliphatic carbocycles. The number of carbonyl (C=O) groups is 1. The summed E-state index contributed by atoms with van der Waals surface area (Å²) in [5, 5.41) is 3.86. The van der Waals surface area contributed by atoms with Crippen LogP contribution in [0.5, 0.6) is 0 Å². The highest BCUT2D eigenvalue weighted by Gasteiger charge is 2.27. The fourth-order valence-electron chi connectivity index (χ4n) is 4.88. The Bertz CT molecular complexity index is 1300. The number of carbonyl (C=O) groups excluding carboxylic acids is 1. The van der Waals surface area contributed by atoms with Crippen molar-refractivity contribution < 1.29 is 4.79 Å². The number of para-hydroxylation sites is 2. The van der Waals surface area contributed by atoms with E-state index in [1.807, 2.05) is 30.3 Å². The first-order valence-electron chi connectivity index (χ1n) is 12.4. The largest absolute Gasteiger partial charge is 0.326 e. The molecule has 1 amide bonds. The second kappa shape index (κ2) is 10.6. The fraction of sp³-hybridized carbons (Fsp3) is 0.310. The summed E-state index contributed by atoms with van der Waals surface area (Å²) in [6.45, 7) is 5.30. The molecule has 5 nitrogen and oxygen atoms in total. The minimum Gasteiger partial charge on any atom is -0.326 e. The van der Waals surface area contributed by atoms with Crippen LogP contribution in [0, 0.1) is 5.92 Å². The number of aromatic nitrogens is 2. The number of rotatable bonds is 7. The third-order valence-electron chi connectivity index (χ3n) is 6.86. The molecule has 2 heterocycles. The lowest BCUT2D eigenvalue weighted by Crippen LogP contribution is -2.40. The Balaban J connectivity index is 1.31. The Morgan fingerprint density at radius 2 is 1.74 bits per heavy atom. The van der Waals surface area contributed by atoms with Crippen molar-refractivity contribution in [2.45, 2.75) is 39.3 Å². The van der Waals surface area contributed by atoms with Crippen molar-refractivity contribution in [3.05, 3.63) is 94.8 Å². The topological polar surface area (TPSA) is 50.2 Å². The third kappa shape index (κ3) is 5.58. The molecule has 1 fully saturated rings. The van der Waals surface area contributed by atoms with Gasteiger partial charge in [0.2, 0.25) is 5.91 Å². The predicted octanol–water partition coefficient (Wildman–Crippen LogP) is 6.15. The first-order chi connectivity index (χ1) is 17.1. The van der Waals surface area contributed by atoms with E-state index in [0.29, 0.717) is 0 Å². The summed E-state index contributed by atoms with van der Waals surface area (Å²) < 4.78 is 2.29. The number of fused-ring (bicyclic) bond motifs is 1. The van der Waals surface area contributed by atoms with E-state index >= 15 is 0 Å². The monoisotopic (exact) mass is 486 g/mol. The molecule has 1 aromatic heterocycles. The third-order valence-corrected chi connectivity index (χ3v) is 7.11. The van der Waals surface area contributed by atoms with E-state index in [0.717, 1.165) is 73.0 Å². The van der Waals surface area contributed by atoms with Crippen LogP contribution in [0.25, 0.3) is 11.0 Å². The molecule has 180 valence electrons. The van der Waals surface area contributed by atoms with Crippen molar-refractivity contribution in [1.82, 2.24) is 14.5 Å². The highest BCUT2D eigenvalue weighted by molar-refractivity contribution is 6.30. The predicted molar refractivity (Wildman–Crippen MR) is 143 cm³/mol. The van der Waals surface area contributed by atoms with E-state index in [1.165, 1.54) is 11.1 Å². The Morgan fingerprint density at radius 1 is 1.00 bits per heavy atom. The highest BCUT2D eigenvalue weighted by Crippen LogP contribution is 2.24. The first kappa shape index (κ1) is 23.6. The summed E-state index contributed by atoms with van der Waals surface area (Å²) in [4.78, 5) is 20.4. The minimum atomic E-state index is -0.0244. The smallest absolute Gasteiger partial charge is 0.228 e. The van der Waals surface area contributed by atoms with Crippen molar-refractivity contribution in [2.24, 2.45) is 5.92 Å². The summed E-state index contributed by atoms with van der Waals surface area (Å²) in [6, 6.07) is 24.4. The zero-order valence-electron chi connectivity index (χ0n) is 20.1. The van der Waals surface area contributed by atoms with Crippen LogP contribution in [0.1, 0.15) is 36.7 Å². The van der Waals surface area contributed by atoms with Crippen LogP contribution in [0.3, 0.4) is 0 Å². The lowest BCUT2D eigenvalue weighted by Gasteiger charge is -2.31. The van der Waals surface area contributed by atoms with E-state index in [9.17, 15) is 4.79 Å². The van der Waals surface area contributed by atoms with Gasteiger partial charge in [0.05, 0.1) is 23.5 Å². The van der Waals surface area contributed by atoms with E-state index in [4.69, 9.17) is 16.6 Å². The number of nitrogens with zero attached hydrogens (tertiary/aromatic N) is 3. The van der Waals surface area contributed by atoms with Crippen LogP contribution in [-0.2, 0) is 24.3 Å². The molecule has 1 aliphatic rings. The van der Waals surface area contributed by atoms with Crippen LogP contribution < -0.4 is 5.32 Å². The molecule has 3 aromatic carbocycles. The van der Waals surface area contributed by atoms with Crippen molar-refractivity contribution in [2.75, 3.05) is 18.4 Å². The Morgan fingerprint density at radius 3 is 2.51 bits per heavy atom. The average molecular weight is 487 g/mol. The number of anilines is 1. The molecular weight excluding hydrogens is 456 g/mol. The minimum absolute atomic E-state index is 0.0244. The van der Waals surface area contributed by atoms with Gasteiger partial charge >= 0.3 is 0 Å². The number of benzene rings is 3. The van der Waals surface area contributed by atoms with Crippen LogP contribution >= 0.6 is 11.6 Å². The lowest BCUT2D eigenvalue weighted by atomic mass is 9.97. The number of hydrogen-bond donors (Lipinski definition) is 1. The number of imidazole rings is 1. The van der Waals surface area contributed by atoms with Crippen LogP contribution in [0.2, 0.25) is 5.02 Å². The molecular formula is C29H31ClN4O. The molecule has 1 atom stereocenters. The number of piperidine rings is 1. The van der Waals surface area contributed by atoms with Crippen LogP contribution in [-0.4, -0.2) is 33.4 Å². The van der Waals surface area contributed by atoms with Gasteiger partial charge in [0.25, 0.3) is 0 Å². The van der Waals surface area contributed by atoms with Gasteiger partial charge in [0, 0.05) is 23.8 Å². The van der Waals surface area contributed by atoms with Crippen molar-refractivity contribution in [1.29, 1.82) is 0 Å². The molecule has 0 spiro atoms. The van der Waals surface area contributed by atoms with Crippen molar-refractivity contribution in [3.8, 4) is 0 Å². The second-order valence-electron chi connectivity index (χ2n) is 9.34. The van der Waals surface area contributed by atoms with Crippen molar-refractivity contribution >= 4 is 34.2 Å². The molecule has 1 N–H and O–H groups in total. The van der Waals surface area contributed by atoms with Gasteiger partial charge in [-0.3, -0.25) is 9.69 Å². The maximum atomic E-state index is 13.0. The van der Waals surface area contributed by atoms with Gasteiger partial charge in [-0.05, 0) is 73.3 Å². The molecule has 4 aromatic rings. The van der Waals surface area contributed by atoms with E-state index in [-0.39, 0.29) is 11.8 Å². The number of aryl methyl sites for hydroxylation is 1. The van der Waals surface area contributed by atoms with Gasteiger partial charge in [-0.1, -0.05) is 54.9 Å². The summed E-state index contributed by atoms with van der Waals surface area (Å²) in [6.07, 6.45) is 2.91. The van der Waals surface area contributed by atoms with Gasteiger partial charge in [0.1, 0.15) is 5.82 Å². The SMILES string of the molecule is CCc1ccc(NC(=O)[C@@H]2CCCN(Cc3nc4ccccc4n3Cc3ccc(Cl)cc3)C2)cc1. The molecule has 35 heavy (non-hydrogen) atoms. The van der Waals surface area contributed by atoms with E-state index < -0.39 is 0 Å². The average Bonchev–Trinajstić information content (AvgIpc) is 3.22. The quantitative estimate of drug-likeness (QED) is 0.341. The number of amides is 1. The molecule has 1 saturated heterocycles. The Kier molecular flexibility index (Phi) is 7.16. The number of hydrogen-bond acceptors (Lipinski definition) is 3. The first-order valence-corrected chi connectivity index (χ1v) is 12.8. The molecule has 0 radical (unpaired) electrons. The Labute approximate surface area is 211 Å². The second-order valence-corrected chi connectivity index (χ2v) is 9.78. The number of nitrogens with one attached hydrogen (secondary N) is 1. The zero-order chi connectivity index (χ0) is 24.2. The standard InChI is InChI=1S/C29H31ClN4O/c1-2-21-11-15-25(16-12-21)31-29(35)23-6-5-17-33(19-23)20-28-32-26-7-3-4-8-27(26)34(28)18-22-9-13-24(30)14-10-22/h3-4,7-16,23H,2,5-6,17-20H2,1H3,(H,31,35)/t23-/m1/s1. The molecule has 1 aliphatic heterocycles. The summed E-state index contributed by atoms with van der Waals surface area (Å²) >= 11 is 6.09. The molecule has 5 rings (SSSR count). The summed E-state index contributed by atoms with van der Waals surface area (Å²) in [5.74, 6) is 1.11. The van der Waals surface area contributed by atoms with Crippen LogP contribution in [0.15, 0.2) is 72.8 Å². The maximum Gasteiger partial charge on any atom is 0.228 e. The fourth-order valence-corrected chi connectivity index (χ4v) is 5.00.